The number of aromatic nitrogens is 2. The molecule has 0 amide bonds. The number of H-pyrrole nitrogens is 1. The monoisotopic (exact) mass is 192 g/mol. The Hall–Kier alpha value is -1.42. The maximum absolute atomic E-state index is 4.99. The van der Waals surface area contributed by atoms with Crippen molar-refractivity contribution < 1.29 is 4.42 Å². The number of nitrogens with one attached hydrogen (secondary N) is 1. The van der Waals surface area contributed by atoms with Crippen LogP contribution in [0.25, 0.3) is 11.3 Å². The number of furan rings is 1. The van der Waals surface area contributed by atoms with Crippen LogP contribution in [0.1, 0.15) is 5.56 Å². The van der Waals surface area contributed by atoms with Crippen molar-refractivity contribution in [2.24, 2.45) is 0 Å². The highest BCUT2D eigenvalue weighted by Crippen LogP contribution is 2.19. The first-order chi connectivity index (χ1) is 6.27. The van der Waals surface area contributed by atoms with Gasteiger partial charge in [0, 0.05) is 11.8 Å². The van der Waals surface area contributed by atoms with Crippen LogP contribution < -0.4 is 0 Å². The van der Waals surface area contributed by atoms with E-state index < -0.39 is 0 Å². The molecule has 66 valence electrons. The van der Waals surface area contributed by atoms with Gasteiger partial charge >= 0.3 is 0 Å². The van der Waals surface area contributed by atoms with Crippen molar-refractivity contribution in [1.82, 2.24) is 9.97 Å². The zero-order valence-corrected chi connectivity index (χ0v) is 7.89. The average Bonchev–Trinajstić information content (AvgIpc) is 2.61. The fourth-order valence-corrected chi connectivity index (χ4v) is 1.32. The molecular formula is C9H8N2OS. The van der Waals surface area contributed by atoms with Gasteiger partial charge in [-0.15, -0.1) is 0 Å². The van der Waals surface area contributed by atoms with Crippen molar-refractivity contribution in [2.45, 2.75) is 6.92 Å². The smallest absolute Gasteiger partial charge is 0.197 e. The van der Waals surface area contributed by atoms with E-state index in [1.54, 1.807) is 18.7 Å². The van der Waals surface area contributed by atoms with Gasteiger partial charge in [0.2, 0.25) is 0 Å². The van der Waals surface area contributed by atoms with E-state index in [0.717, 1.165) is 16.8 Å². The molecule has 3 nitrogen and oxygen atoms in total. The first-order valence-corrected chi connectivity index (χ1v) is 4.26. The minimum Gasteiger partial charge on any atom is -0.472 e. The van der Waals surface area contributed by atoms with E-state index in [9.17, 15) is 0 Å². The van der Waals surface area contributed by atoms with Gasteiger partial charge in [-0.25, -0.2) is 4.98 Å². The summed E-state index contributed by atoms with van der Waals surface area (Å²) < 4.78 is 5.48. The van der Waals surface area contributed by atoms with Crippen LogP contribution in [0.3, 0.4) is 0 Å². The molecule has 0 aliphatic rings. The Labute approximate surface area is 80.4 Å². The van der Waals surface area contributed by atoms with Crippen LogP contribution in [0.2, 0.25) is 0 Å². The van der Waals surface area contributed by atoms with E-state index in [1.165, 1.54) is 0 Å². The molecule has 1 N–H and O–H groups in total. The number of aryl methyl sites for hydroxylation is 1. The standard InChI is InChI=1S/C9H8N2OS/c1-6-4-10-9(13)11-8(6)7-2-3-12-5-7/h2-5H,1H3,(H,10,11,13). The quantitative estimate of drug-likeness (QED) is 0.706. The lowest BCUT2D eigenvalue weighted by Gasteiger charge is -2.00. The first kappa shape index (κ1) is 8.19. The summed E-state index contributed by atoms with van der Waals surface area (Å²) in [6, 6.07) is 1.88. The average molecular weight is 192 g/mol. The summed E-state index contributed by atoms with van der Waals surface area (Å²) in [6.45, 7) is 1.97. The number of aromatic amines is 1. The molecule has 0 aliphatic heterocycles. The predicted octanol–water partition coefficient (Wildman–Crippen LogP) is 2.71. The van der Waals surface area contributed by atoms with E-state index in [4.69, 9.17) is 16.6 Å². The van der Waals surface area contributed by atoms with Crippen molar-refractivity contribution in [3.05, 3.63) is 35.1 Å². The summed E-state index contributed by atoms with van der Waals surface area (Å²) in [7, 11) is 0. The molecule has 0 bridgehead atoms. The molecule has 0 saturated heterocycles. The van der Waals surface area contributed by atoms with Gasteiger partial charge < -0.3 is 9.40 Å². The molecule has 0 atom stereocenters. The lowest BCUT2D eigenvalue weighted by molar-refractivity contribution is 0.568. The van der Waals surface area contributed by atoms with Crippen LogP contribution in [0.5, 0.6) is 0 Å². The van der Waals surface area contributed by atoms with E-state index in [1.807, 2.05) is 13.0 Å². The predicted molar refractivity (Wildman–Crippen MR) is 51.9 cm³/mol. The van der Waals surface area contributed by atoms with Crippen LogP contribution in [0, 0.1) is 11.7 Å². The molecule has 0 saturated carbocycles. The maximum Gasteiger partial charge on any atom is 0.197 e. The second kappa shape index (κ2) is 3.14. The maximum atomic E-state index is 4.99. The number of hydrogen-bond acceptors (Lipinski definition) is 3. The van der Waals surface area contributed by atoms with Gasteiger partial charge in [0.05, 0.1) is 18.2 Å². The van der Waals surface area contributed by atoms with Gasteiger partial charge in [0.25, 0.3) is 0 Å². The molecule has 2 aromatic heterocycles. The third kappa shape index (κ3) is 1.53. The first-order valence-electron chi connectivity index (χ1n) is 3.86. The summed E-state index contributed by atoms with van der Waals surface area (Å²) in [6.07, 6.45) is 5.06. The summed E-state index contributed by atoms with van der Waals surface area (Å²) in [5, 5.41) is 0. The minimum atomic E-state index is 0.488. The summed E-state index contributed by atoms with van der Waals surface area (Å²) in [5.74, 6) is 0. The molecule has 0 spiro atoms. The Bertz CT molecular complexity index is 459. The lowest BCUT2D eigenvalue weighted by atomic mass is 10.1. The van der Waals surface area contributed by atoms with E-state index in [-0.39, 0.29) is 0 Å². The van der Waals surface area contributed by atoms with Gasteiger partial charge in [-0.05, 0) is 30.8 Å². The van der Waals surface area contributed by atoms with Crippen molar-refractivity contribution in [3.8, 4) is 11.3 Å². The SMILES string of the molecule is Cc1cnc(=S)[nH]c1-c1ccoc1. The summed E-state index contributed by atoms with van der Waals surface area (Å²) in [4.78, 5) is 7.00. The largest absolute Gasteiger partial charge is 0.472 e. The van der Waals surface area contributed by atoms with Gasteiger partial charge in [-0.1, -0.05) is 0 Å². The molecule has 0 aromatic carbocycles. The fourth-order valence-electron chi connectivity index (χ4n) is 1.16. The van der Waals surface area contributed by atoms with E-state index >= 15 is 0 Å². The third-order valence-corrected chi connectivity index (χ3v) is 2.02. The Balaban J connectivity index is 2.64. The molecule has 0 aliphatic carbocycles. The Morgan fingerprint density at radius 1 is 1.54 bits per heavy atom. The van der Waals surface area contributed by atoms with Crippen LogP contribution in [0.15, 0.2) is 29.2 Å². The third-order valence-electron chi connectivity index (χ3n) is 1.81. The van der Waals surface area contributed by atoms with Gasteiger partial charge in [-0.3, -0.25) is 0 Å². The molecule has 0 unspecified atom stereocenters. The van der Waals surface area contributed by atoms with Gasteiger partial charge in [0.1, 0.15) is 0 Å². The lowest BCUT2D eigenvalue weighted by Crippen LogP contribution is -1.89. The topological polar surface area (TPSA) is 41.8 Å². The molecule has 2 heterocycles. The second-order valence-electron chi connectivity index (χ2n) is 2.76. The Morgan fingerprint density at radius 3 is 3.08 bits per heavy atom. The molecule has 0 fully saturated rings. The summed E-state index contributed by atoms with van der Waals surface area (Å²) >= 11 is 4.94. The molecule has 4 heteroatoms. The van der Waals surface area contributed by atoms with E-state index in [2.05, 4.69) is 9.97 Å². The Morgan fingerprint density at radius 2 is 2.38 bits per heavy atom. The number of hydrogen-bond donors (Lipinski definition) is 1. The summed E-state index contributed by atoms with van der Waals surface area (Å²) in [5.41, 5.74) is 3.01. The molecule has 13 heavy (non-hydrogen) atoms. The number of rotatable bonds is 1. The zero-order chi connectivity index (χ0) is 9.26. The van der Waals surface area contributed by atoms with Crippen molar-refractivity contribution in [2.75, 3.05) is 0 Å². The van der Waals surface area contributed by atoms with Crippen LogP contribution in [-0.4, -0.2) is 9.97 Å². The van der Waals surface area contributed by atoms with Crippen LogP contribution in [0.4, 0.5) is 0 Å². The Kier molecular flexibility index (Phi) is 1.98. The highest BCUT2D eigenvalue weighted by atomic mass is 32.1. The fraction of sp³-hybridized carbons (Fsp3) is 0.111. The molecule has 0 radical (unpaired) electrons. The van der Waals surface area contributed by atoms with Gasteiger partial charge in [0.15, 0.2) is 4.77 Å². The van der Waals surface area contributed by atoms with Gasteiger partial charge in [-0.2, -0.15) is 0 Å². The molecule has 2 rings (SSSR count). The van der Waals surface area contributed by atoms with E-state index in [0.29, 0.717) is 4.77 Å². The molecular weight excluding hydrogens is 184 g/mol. The van der Waals surface area contributed by atoms with Crippen LogP contribution in [-0.2, 0) is 0 Å². The van der Waals surface area contributed by atoms with Crippen molar-refractivity contribution in [1.29, 1.82) is 0 Å². The normalized spacial score (nSPS) is 10.2. The minimum absolute atomic E-state index is 0.488. The van der Waals surface area contributed by atoms with Crippen LogP contribution >= 0.6 is 12.2 Å². The highest BCUT2D eigenvalue weighted by molar-refractivity contribution is 7.71. The highest BCUT2D eigenvalue weighted by Gasteiger charge is 2.02. The zero-order valence-electron chi connectivity index (χ0n) is 7.07. The second-order valence-corrected chi connectivity index (χ2v) is 3.15. The van der Waals surface area contributed by atoms with Crippen molar-refractivity contribution in [3.63, 3.8) is 0 Å². The molecule has 2 aromatic rings. The number of nitrogens with zero attached hydrogens (tertiary/aromatic N) is 1. The van der Waals surface area contributed by atoms with Crippen molar-refractivity contribution >= 4 is 12.2 Å².